The fourth-order valence-corrected chi connectivity index (χ4v) is 4.87. The molecule has 0 bridgehead atoms. The summed E-state index contributed by atoms with van der Waals surface area (Å²) in [5, 5.41) is 10.1. The minimum Gasteiger partial charge on any atom is -0.286 e. The standard InChI is InChI=1S/C19H22N2O4S/c1-2-13-21(18-12-14-20(23)19(18)22)26(24,25)17-10-8-16(9-11-17)15-6-4-3-5-7-15/h3-11,18,23H,2,12-14H2,1H3/t18-/m0/s1. The molecule has 0 spiro atoms. The summed E-state index contributed by atoms with van der Waals surface area (Å²) in [5.41, 5.74) is 1.92. The van der Waals surface area contributed by atoms with Crippen molar-refractivity contribution in [2.45, 2.75) is 30.7 Å². The molecule has 1 saturated heterocycles. The smallest absolute Gasteiger partial charge is 0.264 e. The lowest BCUT2D eigenvalue weighted by atomic mass is 10.1. The quantitative estimate of drug-likeness (QED) is 0.789. The van der Waals surface area contributed by atoms with E-state index in [9.17, 15) is 18.4 Å². The van der Waals surface area contributed by atoms with Gasteiger partial charge in [-0.15, -0.1) is 0 Å². The highest BCUT2D eigenvalue weighted by atomic mass is 32.2. The van der Waals surface area contributed by atoms with E-state index in [0.717, 1.165) is 11.1 Å². The highest BCUT2D eigenvalue weighted by Crippen LogP contribution is 2.26. The van der Waals surface area contributed by atoms with Crippen molar-refractivity contribution < 1.29 is 18.4 Å². The summed E-state index contributed by atoms with van der Waals surface area (Å²) < 4.78 is 27.4. The van der Waals surface area contributed by atoms with Crippen LogP contribution in [0.2, 0.25) is 0 Å². The van der Waals surface area contributed by atoms with Crippen molar-refractivity contribution in [3.63, 3.8) is 0 Å². The monoisotopic (exact) mass is 374 g/mol. The second kappa shape index (κ2) is 7.57. The number of amides is 1. The van der Waals surface area contributed by atoms with Crippen molar-refractivity contribution in [1.29, 1.82) is 0 Å². The van der Waals surface area contributed by atoms with Crippen LogP contribution < -0.4 is 0 Å². The minimum atomic E-state index is -3.83. The van der Waals surface area contributed by atoms with Gasteiger partial charge in [0, 0.05) is 6.54 Å². The molecule has 0 aliphatic carbocycles. The number of nitrogens with zero attached hydrogens (tertiary/aromatic N) is 2. The first kappa shape index (κ1) is 18.6. The summed E-state index contributed by atoms with van der Waals surface area (Å²) in [6.07, 6.45) is 0.868. The van der Waals surface area contributed by atoms with Crippen LogP contribution in [-0.2, 0) is 14.8 Å². The Morgan fingerprint density at radius 2 is 1.69 bits per heavy atom. The third-order valence-corrected chi connectivity index (χ3v) is 6.44. The van der Waals surface area contributed by atoms with E-state index >= 15 is 0 Å². The van der Waals surface area contributed by atoms with Crippen molar-refractivity contribution >= 4 is 15.9 Å². The SMILES string of the molecule is CCCN([C@H]1CCN(O)C1=O)S(=O)(=O)c1ccc(-c2ccccc2)cc1. The summed E-state index contributed by atoms with van der Waals surface area (Å²) in [5.74, 6) is -0.567. The van der Waals surface area contributed by atoms with Crippen LogP contribution in [0.5, 0.6) is 0 Å². The molecular formula is C19H22N2O4S. The van der Waals surface area contributed by atoms with E-state index in [2.05, 4.69) is 0 Å². The fourth-order valence-electron chi connectivity index (χ4n) is 3.17. The number of carbonyl (C=O) groups excluding carboxylic acids is 1. The Bertz CT molecular complexity index is 866. The average Bonchev–Trinajstić information content (AvgIpc) is 2.99. The lowest BCUT2D eigenvalue weighted by molar-refractivity contribution is -0.159. The van der Waals surface area contributed by atoms with Gasteiger partial charge in [0.15, 0.2) is 0 Å². The zero-order valence-corrected chi connectivity index (χ0v) is 15.4. The van der Waals surface area contributed by atoms with Gasteiger partial charge in [0.2, 0.25) is 10.0 Å². The van der Waals surface area contributed by atoms with Crippen LogP contribution in [0.25, 0.3) is 11.1 Å². The number of carbonyl (C=O) groups is 1. The normalized spacial score (nSPS) is 17.9. The predicted molar refractivity (Wildman–Crippen MR) is 98.0 cm³/mol. The van der Waals surface area contributed by atoms with Crippen LogP contribution in [0.1, 0.15) is 19.8 Å². The summed E-state index contributed by atoms with van der Waals surface area (Å²) in [6, 6.07) is 15.5. The molecule has 7 heteroatoms. The van der Waals surface area contributed by atoms with Gasteiger partial charge in [0.25, 0.3) is 5.91 Å². The van der Waals surface area contributed by atoms with Gasteiger partial charge < -0.3 is 0 Å². The Balaban J connectivity index is 1.91. The molecule has 1 aliphatic rings. The van der Waals surface area contributed by atoms with Crippen LogP contribution in [-0.4, -0.2) is 48.0 Å². The molecule has 1 atom stereocenters. The van der Waals surface area contributed by atoms with Gasteiger partial charge >= 0.3 is 0 Å². The molecule has 0 unspecified atom stereocenters. The van der Waals surface area contributed by atoms with Crippen molar-refractivity contribution in [3.05, 3.63) is 54.6 Å². The lowest BCUT2D eigenvalue weighted by Crippen LogP contribution is -2.45. The maximum Gasteiger partial charge on any atom is 0.264 e. The second-order valence-corrected chi connectivity index (χ2v) is 8.16. The Kier molecular flexibility index (Phi) is 5.41. The summed E-state index contributed by atoms with van der Waals surface area (Å²) in [7, 11) is -3.83. The zero-order chi connectivity index (χ0) is 18.7. The van der Waals surface area contributed by atoms with E-state index < -0.39 is 22.0 Å². The van der Waals surface area contributed by atoms with Crippen LogP contribution in [0.15, 0.2) is 59.5 Å². The van der Waals surface area contributed by atoms with Crippen molar-refractivity contribution in [1.82, 2.24) is 9.37 Å². The van der Waals surface area contributed by atoms with Gasteiger partial charge in [-0.25, -0.2) is 13.5 Å². The first-order valence-corrected chi connectivity index (χ1v) is 10.1. The minimum absolute atomic E-state index is 0.145. The number of hydrogen-bond acceptors (Lipinski definition) is 4. The van der Waals surface area contributed by atoms with E-state index in [1.807, 2.05) is 37.3 Å². The Morgan fingerprint density at radius 1 is 1.08 bits per heavy atom. The van der Waals surface area contributed by atoms with Crippen LogP contribution in [0, 0.1) is 0 Å². The molecule has 0 radical (unpaired) electrons. The molecule has 1 N–H and O–H groups in total. The van der Waals surface area contributed by atoms with Crippen LogP contribution in [0.4, 0.5) is 0 Å². The van der Waals surface area contributed by atoms with E-state index in [-0.39, 0.29) is 24.4 Å². The molecule has 1 amide bonds. The van der Waals surface area contributed by atoms with E-state index in [1.165, 1.54) is 4.31 Å². The molecular weight excluding hydrogens is 352 g/mol. The third-order valence-electron chi connectivity index (χ3n) is 4.51. The number of rotatable bonds is 6. The topological polar surface area (TPSA) is 77.9 Å². The van der Waals surface area contributed by atoms with E-state index in [4.69, 9.17) is 0 Å². The molecule has 2 aromatic rings. The highest BCUT2D eigenvalue weighted by Gasteiger charge is 2.41. The highest BCUT2D eigenvalue weighted by molar-refractivity contribution is 7.89. The van der Waals surface area contributed by atoms with E-state index in [0.29, 0.717) is 11.5 Å². The second-order valence-electron chi connectivity index (χ2n) is 6.27. The van der Waals surface area contributed by atoms with Crippen LogP contribution >= 0.6 is 0 Å². The Hall–Kier alpha value is -2.22. The van der Waals surface area contributed by atoms with Gasteiger partial charge in [-0.3, -0.25) is 10.0 Å². The molecule has 3 rings (SSSR count). The predicted octanol–water partition coefficient (Wildman–Crippen LogP) is 2.74. The molecule has 138 valence electrons. The largest absolute Gasteiger partial charge is 0.286 e. The third kappa shape index (κ3) is 3.51. The molecule has 0 aromatic heterocycles. The molecule has 1 fully saturated rings. The number of sulfonamides is 1. The van der Waals surface area contributed by atoms with E-state index in [1.54, 1.807) is 24.3 Å². The molecule has 2 aromatic carbocycles. The van der Waals surface area contributed by atoms with Crippen molar-refractivity contribution in [2.75, 3.05) is 13.1 Å². The van der Waals surface area contributed by atoms with Gasteiger partial charge in [-0.1, -0.05) is 49.4 Å². The summed E-state index contributed by atoms with van der Waals surface area (Å²) in [6.45, 7) is 2.23. The first-order valence-electron chi connectivity index (χ1n) is 8.62. The molecule has 1 heterocycles. The van der Waals surface area contributed by atoms with Crippen molar-refractivity contribution in [3.8, 4) is 11.1 Å². The molecule has 26 heavy (non-hydrogen) atoms. The summed E-state index contributed by atoms with van der Waals surface area (Å²) in [4.78, 5) is 12.3. The first-order chi connectivity index (χ1) is 12.4. The number of hydrogen-bond donors (Lipinski definition) is 1. The lowest BCUT2D eigenvalue weighted by Gasteiger charge is -2.26. The van der Waals surface area contributed by atoms with Gasteiger partial charge in [-0.2, -0.15) is 4.31 Å². The van der Waals surface area contributed by atoms with Crippen molar-refractivity contribution in [2.24, 2.45) is 0 Å². The number of hydroxylamine groups is 2. The maximum absolute atomic E-state index is 13.1. The van der Waals surface area contributed by atoms with Crippen LogP contribution in [0.3, 0.4) is 0 Å². The van der Waals surface area contributed by atoms with Gasteiger partial charge in [0.1, 0.15) is 6.04 Å². The molecule has 1 aliphatic heterocycles. The molecule has 0 saturated carbocycles. The Labute approximate surface area is 153 Å². The maximum atomic E-state index is 13.1. The molecule has 6 nitrogen and oxygen atoms in total. The number of benzene rings is 2. The van der Waals surface area contributed by atoms with Gasteiger partial charge in [-0.05, 0) is 36.1 Å². The summed E-state index contributed by atoms with van der Waals surface area (Å²) >= 11 is 0. The Morgan fingerprint density at radius 3 is 2.23 bits per heavy atom. The van der Waals surface area contributed by atoms with Gasteiger partial charge in [0.05, 0.1) is 11.4 Å². The fraction of sp³-hybridized carbons (Fsp3) is 0.316. The zero-order valence-electron chi connectivity index (χ0n) is 14.6. The average molecular weight is 374 g/mol.